The second-order valence-corrected chi connectivity index (χ2v) is 4.93. The van der Waals surface area contributed by atoms with Crippen molar-refractivity contribution < 1.29 is 9.32 Å². The molecule has 0 aliphatic rings. The number of anilines is 1. The predicted octanol–water partition coefficient (Wildman–Crippen LogP) is 2.24. The lowest BCUT2D eigenvalue weighted by atomic mass is 10.1. The van der Waals surface area contributed by atoms with Crippen molar-refractivity contribution in [3.05, 3.63) is 46.8 Å². The highest BCUT2D eigenvalue weighted by Gasteiger charge is 2.14. The van der Waals surface area contributed by atoms with Gasteiger partial charge in [-0.05, 0) is 24.1 Å². The van der Waals surface area contributed by atoms with Crippen molar-refractivity contribution in [2.24, 2.45) is 0 Å². The molecule has 0 saturated carbocycles. The Morgan fingerprint density at radius 3 is 2.57 bits per heavy atom. The molecule has 0 unspecified atom stereocenters. The topological polar surface area (TPSA) is 81.2 Å². The zero-order valence-corrected chi connectivity index (χ0v) is 12.5. The molecule has 0 spiro atoms. The number of aromatic nitrogens is 1. The van der Waals surface area contributed by atoms with E-state index in [1.807, 2.05) is 26.0 Å². The van der Waals surface area contributed by atoms with Gasteiger partial charge in [-0.3, -0.25) is 4.79 Å². The van der Waals surface area contributed by atoms with Crippen LogP contribution in [0.1, 0.15) is 36.4 Å². The minimum Gasteiger partial charge on any atom is -0.399 e. The summed E-state index contributed by atoms with van der Waals surface area (Å²) >= 11 is 0. The molecular formula is C16H21N3O2. The van der Waals surface area contributed by atoms with Crippen LogP contribution in [0.3, 0.4) is 0 Å². The molecule has 1 aromatic heterocycles. The van der Waals surface area contributed by atoms with E-state index in [9.17, 15) is 4.79 Å². The van der Waals surface area contributed by atoms with Crippen LogP contribution in [0.4, 0.5) is 5.69 Å². The number of nitrogens with zero attached hydrogens (tertiary/aromatic N) is 1. The number of amides is 1. The number of hydrogen-bond donors (Lipinski definition) is 2. The van der Waals surface area contributed by atoms with Gasteiger partial charge in [-0.15, -0.1) is 0 Å². The van der Waals surface area contributed by atoms with E-state index < -0.39 is 0 Å². The summed E-state index contributed by atoms with van der Waals surface area (Å²) in [6.45, 7) is 4.50. The van der Waals surface area contributed by atoms with Crippen LogP contribution in [-0.4, -0.2) is 11.1 Å². The largest absolute Gasteiger partial charge is 0.399 e. The van der Waals surface area contributed by atoms with E-state index in [0.717, 1.165) is 35.4 Å². The quantitative estimate of drug-likeness (QED) is 0.798. The molecule has 0 fully saturated rings. The maximum Gasteiger partial charge on any atom is 0.224 e. The summed E-state index contributed by atoms with van der Waals surface area (Å²) in [6, 6.07) is 7.33. The van der Waals surface area contributed by atoms with Crippen LogP contribution < -0.4 is 11.1 Å². The Morgan fingerprint density at radius 1 is 1.24 bits per heavy atom. The van der Waals surface area contributed by atoms with Gasteiger partial charge in [0.25, 0.3) is 0 Å². The van der Waals surface area contributed by atoms with Crippen LogP contribution in [0.2, 0.25) is 0 Å². The Balaban J connectivity index is 1.95. The van der Waals surface area contributed by atoms with Gasteiger partial charge in [-0.25, -0.2) is 0 Å². The average molecular weight is 287 g/mol. The van der Waals surface area contributed by atoms with Crippen LogP contribution >= 0.6 is 0 Å². The van der Waals surface area contributed by atoms with E-state index in [1.165, 1.54) is 0 Å². The molecule has 0 atom stereocenters. The summed E-state index contributed by atoms with van der Waals surface area (Å²) in [6.07, 6.45) is 1.91. The Morgan fingerprint density at radius 2 is 1.95 bits per heavy atom. The number of hydrogen-bond acceptors (Lipinski definition) is 4. The van der Waals surface area contributed by atoms with E-state index in [0.29, 0.717) is 18.7 Å². The number of benzene rings is 1. The Bertz CT molecular complexity index is 581. The molecule has 5 heteroatoms. The van der Waals surface area contributed by atoms with Crippen molar-refractivity contribution in [2.45, 2.75) is 39.7 Å². The fraction of sp³-hybridized carbons (Fsp3) is 0.375. The smallest absolute Gasteiger partial charge is 0.224 e. The fourth-order valence-corrected chi connectivity index (χ4v) is 2.21. The second-order valence-electron chi connectivity index (χ2n) is 4.93. The molecule has 0 saturated heterocycles. The summed E-state index contributed by atoms with van der Waals surface area (Å²) in [5.74, 6) is 0.824. The van der Waals surface area contributed by atoms with Gasteiger partial charge in [-0.2, -0.15) is 0 Å². The summed E-state index contributed by atoms with van der Waals surface area (Å²) < 4.78 is 5.28. The molecule has 1 heterocycles. The van der Waals surface area contributed by atoms with Gasteiger partial charge in [0.15, 0.2) is 0 Å². The summed E-state index contributed by atoms with van der Waals surface area (Å²) in [5, 5.41) is 6.96. The minimum atomic E-state index is -0.0231. The van der Waals surface area contributed by atoms with Crippen LogP contribution in [0.15, 0.2) is 28.8 Å². The monoisotopic (exact) mass is 287 g/mol. The van der Waals surface area contributed by atoms with E-state index in [2.05, 4.69) is 10.5 Å². The molecule has 3 N–H and O–H groups in total. The normalized spacial score (nSPS) is 10.6. The second kappa shape index (κ2) is 6.92. The molecule has 2 aromatic rings. The van der Waals surface area contributed by atoms with E-state index in [1.54, 1.807) is 12.1 Å². The van der Waals surface area contributed by atoms with E-state index >= 15 is 0 Å². The first-order valence-corrected chi connectivity index (χ1v) is 7.21. The highest BCUT2D eigenvalue weighted by Crippen LogP contribution is 2.15. The molecular weight excluding hydrogens is 266 g/mol. The molecule has 21 heavy (non-hydrogen) atoms. The number of aryl methyl sites for hydroxylation is 2. The van der Waals surface area contributed by atoms with Gasteiger partial charge >= 0.3 is 0 Å². The zero-order valence-electron chi connectivity index (χ0n) is 12.5. The number of carbonyl (C=O) groups excluding carboxylic acids is 1. The van der Waals surface area contributed by atoms with Crippen molar-refractivity contribution in [1.29, 1.82) is 0 Å². The van der Waals surface area contributed by atoms with Crippen molar-refractivity contribution >= 4 is 11.6 Å². The third-order valence-corrected chi connectivity index (χ3v) is 3.41. The van der Waals surface area contributed by atoms with Gasteiger partial charge in [0.1, 0.15) is 5.76 Å². The van der Waals surface area contributed by atoms with Crippen LogP contribution in [0.25, 0.3) is 0 Å². The Hall–Kier alpha value is -2.30. The van der Waals surface area contributed by atoms with Gasteiger partial charge in [0, 0.05) is 24.2 Å². The summed E-state index contributed by atoms with van der Waals surface area (Å²) in [5.41, 5.74) is 9.19. The van der Waals surface area contributed by atoms with E-state index in [-0.39, 0.29) is 5.91 Å². The maximum atomic E-state index is 12.0. The summed E-state index contributed by atoms with van der Waals surface area (Å²) in [4.78, 5) is 12.0. The van der Waals surface area contributed by atoms with E-state index in [4.69, 9.17) is 10.3 Å². The SMILES string of the molecule is CCc1noc(CC)c1CNC(=O)Cc1ccc(N)cc1. The van der Waals surface area contributed by atoms with Gasteiger partial charge in [0.05, 0.1) is 12.1 Å². The van der Waals surface area contributed by atoms with Crippen molar-refractivity contribution in [3.8, 4) is 0 Å². The first kappa shape index (κ1) is 15.1. The lowest BCUT2D eigenvalue weighted by Gasteiger charge is -2.06. The zero-order chi connectivity index (χ0) is 15.2. The van der Waals surface area contributed by atoms with Crippen molar-refractivity contribution in [3.63, 3.8) is 0 Å². The maximum absolute atomic E-state index is 12.0. The highest BCUT2D eigenvalue weighted by atomic mass is 16.5. The third-order valence-electron chi connectivity index (χ3n) is 3.41. The predicted molar refractivity (Wildman–Crippen MR) is 81.7 cm³/mol. The molecule has 0 aliphatic carbocycles. The van der Waals surface area contributed by atoms with Gasteiger partial charge < -0.3 is 15.6 Å². The van der Waals surface area contributed by atoms with Gasteiger partial charge in [-0.1, -0.05) is 31.1 Å². The minimum absolute atomic E-state index is 0.0231. The highest BCUT2D eigenvalue weighted by molar-refractivity contribution is 5.78. The number of carbonyl (C=O) groups is 1. The van der Waals surface area contributed by atoms with Gasteiger partial charge in [0.2, 0.25) is 5.91 Å². The molecule has 0 radical (unpaired) electrons. The molecule has 1 aromatic carbocycles. The number of rotatable bonds is 6. The molecule has 112 valence electrons. The number of nitrogens with two attached hydrogens (primary N) is 1. The average Bonchev–Trinajstić information content (AvgIpc) is 2.89. The molecule has 0 bridgehead atoms. The van der Waals surface area contributed by atoms with Crippen LogP contribution in [0.5, 0.6) is 0 Å². The molecule has 5 nitrogen and oxygen atoms in total. The standard InChI is InChI=1S/C16H21N3O2/c1-3-14-13(15(4-2)21-19-14)10-18-16(20)9-11-5-7-12(17)8-6-11/h5-8H,3-4,9-10,17H2,1-2H3,(H,18,20). The first-order valence-electron chi connectivity index (χ1n) is 7.21. The third kappa shape index (κ3) is 3.84. The van der Waals surface area contributed by atoms with Crippen LogP contribution in [0, 0.1) is 0 Å². The van der Waals surface area contributed by atoms with Crippen molar-refractivity contribution in [1.82, 2.24) is 10.5 Å². The number of nitrogens with one attached hydrogen (secondary N) is 1. The fourth-order valence-electron chi connectivity index (χ4n) is 2.21. The first-order chi connectivity index (χ1) is 10.1. The summed E-state index contributed by atoms with van der Waals surface area (Å²) in [7, 11) is 0. The number of nitrogen functional groups attached to an aromatic ring is 1. The lowest BCUT2D eigenvalue weighted by Crippen LogP contribution is -2.25. The molecule has 0 aliphatic heterocycles. The lowest BCUT2D eigenvalue weighted by molar-refractivity contribution is -0.120. The van der Waals surface area contributed by atoms with Crippen LogP contribution in [-0.2, 0) is 30.6 Å². The Labute approximate surface area is 124 Å². The molecule has 1 amide bonds. The van der Waals surface area contributed by atoms with Crippen molar-refractivity contribution in [2.75, 3.05) is 5.73 Å². The molecule has 2 rings (SSSR count). The Kier molecular flexibility index (Phi) is 4.98.